The average Bonchev–Trinajstić information content (AvgIpc) is 3.17. The van der Waals surface area contributed by atoms with Gasteiger partial charge in [-0.15, -0.1) is 11.3 Å². The molecule has 142 valence electrons. The van der Waals surface area contributed by atoms with E-state index in [0.29, 0.717) is 11.7 Å². The predicted molar refractivity (Wildman–Crippen MR) is 102 cm³/mol. The summed E-state index contributed by atoms with van der Waals surface area (Å²) in [5.41, 5.74) is 1.09. The van der Waals surface area contributed by atoms with E-state index in [1.54, 1.807) is 19.3 Å². The fourth-order valence-electron chi connectivity index (χ4n) is 3.24. The Balaban J connectivity index is 1.56. The van der Waals surface area contributed by atoms with Crippen LogP contribution in [-0.4, -0.2) is 41.0 Å². The van der Waals surface area contributed by atoms with Gasteiger partial charge in [0.1, 0.15) is 10.7 Å². The van der Waals surface area contributed by atoms with Crippen molar-refractivity contribution in [3.8, 4) is 0 Å². The molecule has 1 aliphatic heterocycles. The molecule has 3 aromatic heterocycles. The van der Waals surface area contributed by atoms with Gasteiger partial charge in [0.15, 0.2) is 11.5 Å². The number of hydrogen-bond acceptors (Lipinski definition) is 5. The lowest BCUT2D eigenvalue weighted by Gasteiger charge is -2.32. The average molecular weight is 391 g/mol. The molecule has 1 atom stereocenters. The third-order valence-electron chi connectivity index (χ3n) is 4.45. The third-order valence-corrected chi connectivity index (χ3v) is 5.61. The summed E-state index contributed by atoms with van der Waals surface area (Å²) in [6.45, 7) is 6.14. The number of piperazine rings is 1. The molecule has 2 N–H and O–H groups in total. The quantitative estimate of drug-likeness (QED) is 0.721. The van der Waals surface area contributed by atoms with E-state index in [1.807, 2.05) is 0 Å². The fourth-order valence-corrected chi connectivity index (χ4v) is 4.20. The summed E-state index contributed by atoms with van der Waals surface area (Å²) in [5.74, 6) is -1.72. The third kappa shape index (κ3) is 3.52. The molecular formula is C18H19F2N5OS. The fraction of sp³-hybridized carbons (Fsp3) is 0.333. The Bertz CT molecular complexity index is 1010. The van der Waals surface area contributed by atoms with Crippen LogP contribution < -0.4 is 15.5 Å². The van der Waals surface area contributed by atoms with E-state index >= 15 is 0 Å². The number of thiophene rings is 1. The van der Waals surface area contributed by atoms with E-state index in [-0.39, 0.29) is 16.2 Å². The number of amides is 1. The zero-order chi connectivity index (χ0) is 19.1. The Morgan fingerprint density at radius 1 is 1.33 bits per heavy atom. The second-order valence-electron chi connectivity index (χ2n) is 6.71. The number of carbonyl (C=O) groups excluding carboxylic acids is 1. The van der Waals surface area contributed by atoms with Crippen LogP contribution in [0.5, 0.6) is 0 Å². The molecule has 0 spiro atoms. The maximum absolute atomic E-state index is 14.4. The van der Waals surface area contributed by atoms with Crippen molar-refractivity contribution in [2.45, 2.75) is 19.9 Å². The summed E-state index contributed by atoms with van der Waals surface area (Å²) >= 11 is 1.11. The molecule has 6 nitrogen and oxygen atoms in total. The van der Waals surface area contributed by atoms with E-state index < -0.39 is 17.5 Å². The maximum atomic E-state index is 14.4. The minimum Gasteiger partial charge on any atom is -0.361 e. The van der Waals surface area contributed by atoms with Crippen LogP contribution >= 0.6 is 11.3 Å². The van der Waals surface area contributed by atoms with Crippen LogP contribution in [0.3, 0.4) is 0 Å². The lowest BCUT2D eigenvalue weighted by Crippen LogP contribution is -2.49. The molecule has 0 aromatic carbocycles. The Morgan fingerprint density at radius 3 is 2.93 bits per heavy atom. The first-order valence-corrected chi connectivity index (χ1v) is 9.46. The van der Waals surface area contributed by atoms with Crippen LogP contribution in [0.15, 0.2) is 24.5 Å². The number of aryl methyl sites for hydroxylation is 1. The van der Waals surface area contributed by atoms with Gasteiger partial charge in [0.25, 0.3) is 5.91 Å². The normalized spacial score (nSPS) is 17.5. The van der Waals surface area contributed by atoms with Crippen molar-refractivity contribution in [3.63, 3.8) is 0 Å². The number of halogens is 2. The molecule has 1 fully saturated rings. The summed E-state index contributed by atoms with van der Waals surface area (Å²) in [7, 11) is 0. The number of rotatable bonds is 3. The van der Waals surface area contributed by atoms with Gasteiger partial charge in [-0.1, -0.05) is 0 Å². The summed E-state index contributed by atoms with van der Waals surface area (Å²) < 4.78 is 30.0. The molecule has 4 heterocycles. The van der Waals surface area contributed by atoms with Crippen LogP contribution in [0.25, 0.3) is 5.65 Å². The molecule has 27 heavy (non-hydrogen) atoms. The predicted octanol–water partition coefficient (Wildman–Crippen LogP) is 3.03. The Kier molecular flexibility index (Phi) is 4.56. The van der Waals surface area contributed by atoms with E-state index in [2.05, 4.69) is 27.4 Å². The van der Waals surface area contributed by atoms with Gasteiger partial charge in [-0.05, 0) is 13.8 Å². The Labute approximate surface area is 158 Å². The molecule has 4 rings (SSSR count). The largest absolute Gasteiger partial charge is 0.361 e. The highest BCUT2D eigenvalue weighted by Gasteiger charge is 2.23. The molecule has 0 radical (unpaired) electrons. The van der Waals surface area contributed by atoms with Gasteiger partial charge in [-0.3, -0.25) is 4.79 Å². The molecule has 1 amide bonds. The highest BCUT2D eigenvalue weighted by atomic mass is 32.1. The van der Waals surface area contributed by atoms with Crippen LogP contribution in [0.4, 0.5) is 19.5 Å². The second kappa shape index (κ2) is 6.90. The Morgan fingerprint density at radius 2 is 2.15 bits per heavy atom. The molecule has 0 saturated carbocycles. The number of aromatic nitrogens is 2. The van der Waals surface area contributed by atoms with Crippen molar-refractivity contribution in [1.29, 1.82) is 0 Å². The van der Waals surface area contributed by atoms with E-state index in [9.17, 15) is 13.6 Å². The molecule has 1 unspecified atom stereocenters. The lowest BCUT2D eigenvalue weighted by molar-refractivity contribution is 0.102. The molecule has 3 aromatic rings. The van der Waals surface area contributed by atoms with Gasteiger partial charge in [0, 0.05) is 50.2 Å². The number of fused-ring (bicyclic) bond motifs is 1. The summed E-state index contributed by atoms with van der Waals surface area (Å²) in [4.78, 5) is 18.6. The smallest absolute Gasteiger partial charge is 0.268 e. The molecule has 9 heteroatoms. The number of carbonyl (C=O) groups is 1. The summed E-state index contributed by atoms with van der Waals surface area (Å²) in [6, 6.07) is 2.87. The molecule has 0 aliphatic carbocycles. The minimum absolute atomic E-state index is 0.0153. The van der Waals surface area contributed by atoms with Crippen molar-refractivity contribution >= 4 is 33.6 Å². The number of imidazole rings is 1. The van der Waals surface area contributed by atoms with Crippen LogP contribution in [-0.2, 0) is 0 Å². The van der Waals surface area contributed by atoms with Crippen molar-refractivity contribution in [1.82, 2.24) is 14.7 Å². The number of nitrogens with zero attached hydrogens (tertiary/aromatic N) is 3. The number of nitrogens with one attached hydrogen (secondary N) is 2. The van der Waals surface area contributed by atoms with Gasteiger partial charge in [-0.2, -0.15) is 0 Å². The van der Waals surface area contributed by atoms with E-state index in [1.165, 1.54) is 16.5 Å². The monoisotopic (exact) mass is 391 g/mol. The standard InChI is InChI=1S/C18H19F2N5OS/c1-10-7-24(4-3-21-10)15-6-13(19)16(27-15)18(26)23-12-5-14(20)17-22-11(2)8-25(17)9-12/h5-6,8-10,21H,3-4,7H2,1-2H3,(H,23,26). The first-order valence-electron chi connectivity index (χ1n) is 8.64. The summed E-state index contributed by atoms with van der Waals surface area (Å²) in [5, 5.41) is 6.63. The SMILES string of the molecule is Cc1cn2cc(NC(=O)c3sc(N4CCNC(C)C4)cc3F)cc(F)c2n1. The number of pyridine rings is 1. The van der Waals surface area contributed by atoms with Gasteiger partial charge in [0.2, 0.25) is 0 Å². The van der Waals surface area contributed by atoms with Crippen molar-refractivity contribution < 1.29 is 13.6 Å². The van der Waals surface area contributed by atoms with Gasteiger partial charge in [-0.25, -0.2) is 13.8 Å². The topological polar surface area (TPSA) is 61.7 Å². The van der Waals surface area contributed by atoms with Crippen molar-refractivity contribution in [3.05, 3.63) is 46.7 Å². The molecular weight excluding hydrogens is 372 g/mol. The van der Waals surface area contributed by atoms with E-state index in [4.69, 9.17) is 0 Å². The molecule has 0 bridgehead atoms. The summed E-state index contributed by atoms with van der Waals surface area (Å²) in [6.07, 6.45) is 3.21. The number of hydrogen-bond donors (Lipinski definition) is 2. The number of anilines is 2. The van der Waals surface area contributed by atoms with Crippen molar-refractivity contribution in [2.24, 2.45) is 0 Å². The second-order valence-corrected chi connectivity index (χ2v) is 7.74. The van der Waals surface area contributed by atoms with E-state index in [0.717, 1.165) is 36.0 Å². The van der Waals surface area contributed by atoms with Crippen LogP contribution in [0.1, 0.15) is 22.3 Å². The molecule has 1 aliphatic rings. The van der Waals surface area contributed by atoms with Gasteiger partial charge < -0.3 is 19.9 Å². The van der Waals surface area contributed by atoms with Gasteiger partial charge in [0.05, 0.1) is 16.4 Å². The van der Waals surface area contributed by atoms with Crippen molar-refractivity contribution in [2.75, 3.05) is 29.9 Å². The minimum atomic E-state index is -0.595. The Hall–Kier alpha value is -2.52. The first kappa shape index (κ1) is 17.9. The van der Waals surface area contributed by atoms with Crippen LogP contribution in [0.2, 0.25) is 0 Å². The van der Waals surface area contributed by atoms with Crippen LogP contribution in [0, 0.1) is 18.6 Å². The zero-order valence-electron chi connectivity index (χ0n) is 14.9. The highest BCUT2D eigenvalue weighted by Crippen LogP contribution is 2.31. The lowest BCUT2D eigenvalue weighted by atomic mass is 10.2. The highest BCUT2D eigenvalue weighted by molar-refractivity contribution is 7.18. The maximum Gasteiger partial charge on any atom is 0.268 e. The molecule has 1 saturated heterocycles. The zero-order valence-corrected chi connectivity index (χ0v) is 15.7. The first-order chi connectivity index (χ1) is 12.9. The van der Waals surface area contributed by atoms with Gasteiger partial charge >= 0.3 is 0 Å².